The third-order valence-electron chi connectivity index (χ3n) is 4.94. The number of fused-ring (bicyclic) bond motifs is 1. The second kappa shape index (κ2) is 5.57. The molecule has 0 spiro atoms. The van der Waals surface area contributed by atoms with Crippen molar-refractivity contribution in [3.05, 3.63) is 35.4 Å². The monoisotopic (exact) mass is 273 g/mol. The molecule has 108 valence electrons. The highest BCUT2D eigenvalue weighted by atomic mass is 16.3. The van der Waals surface area contributed by atoms with Crippen molar-refractivity contribution < 1.29 is 9.90 Å². The molecule has 2 aliphatic rings. The molecule has 0 heterocycles. The van der Waals surface area contributed by atoms with Crippen molar-refractivity contribution in [1.29, 1.82) is 0 Å². The van der Waals surface area contributed by atoms with Crippen molar-refractivity contribution in [1.82, 2.24) is 5.32 Å². The molecule has 0 aromatic heterocycles. The lowest BCUT2D eigenvalue weighted by Gasteiger charge is -2.32. The van der Waals surface area contributed by atoms with Gasteiger partial charge in [-0.2, -0.15) is 0 Å². The molecule has 1 fully saturated rings. The minimum atomic E-state index is -0.358. The molecule has 2 N–H and O–H groups in total. The first-order valence-corrected chi connectivity index (χ1v) is 7.75. The van der Waals surface area contributed by atoms with E-state index in [0.29, 0.717) is 0 Å². The van der Waals surface area contributed by atoms with E-state index in [9.17, 15) is 9.90 Å². The highest BCUT2D eigenvalue weighted by molar-refractivity contribution is 5.85. The van der Waals surface area contributed by atoms with Gasteiger partial charge in [-0.1, -0.05) is 37.1 Å². The molecule has 1 aromatic carbocycles. The van der Waals surface area contributed by atoms with Crippen LogP contribution in [0.3, 0.4) is 0 Å². The van der Waals surface area contributed by atoms with Gasteiger partial charge in [-0.15, -0.1) is 0 Å². The standard InChI is InChI=1S/C17H23NO2/c19-12-17(10-3-4-11-17)18-16(20)15-9-5-7-13-6-1-2-8-14(13)15/h1-2,6,8,15,19H,3-5,7,9-12H2,(H,18,20). The molecule has 1 saturated carbocycles. The number of hydrogen-bond donors (Lipinski definition) is 2. The molecule has 1 amide bonds. The fourth-order valence-corrected chi connectivity index (χ4v) is 3.75. The van der Waals surface area contributed by atoms with Crippen LogP contribution in [0.4, 0.5) is 0 Å². The van der Waals surface area contributed by atoms with Gasteiger partial charge in [0.1, 0.15) is 0 Å². The van der Waals surface area contributed by atoms with Gasteiger partial charge < -0.3 is 10.4 Å². The zero-order valence-electron chi connectivity index (χ0n) is 11.9. The number of benzene rings is 1. The van der Waals surface area contributed by atoms with E-state index < -0.39 is 0 Å². The minimum Gasteiger partial charge on any atom is -0.394 e. The summed E-state index contributed by atoms with van der Waals surface area (Å²) in [6.45, 7) is 0.0626. The highest BCUT2D eigenvalue weighted by Crippen LogP contribution is 2.34. The molecule has 3 heteroatoms. The lowest BCUT2D eigenvalue weighted by molar-refractivity contribution is -0.125. The van der Waals surface area contributed by atoms with Crippen molar-refractivity contribution in [2.24, 2.45) is 0 Å². The first-order valence-electron chi connectivity index (χ1n) is 7.75. The molecule has 0 bridgehead atoms. The van der Waals surface area contributed by atoms with Crippen LogP contribution in [-0.2, 0) is 11.2 Å². The Labute approximate surface area is 120 Å². The number of carbonyl (C=O) groups excluding carboxylic acids is 1. The van der Waals surface area contributed by atoms with E-state index in [1.54, 1.807) is 0 Å². The molecule has 3 nitrogen and oxygen atoms in total. The van der Waals surface area contributed by atoms with Gasteiger partial charge in [-0.05, 0) is 43.2 Å². The molecule has 0 saturated heterocycles. The van der Waals surface area contributed by atoms with Gasteiger partial charge >= 0.3 is 0 Å². The summed E-state index contributed by atoms with van der Waals surface area (Å²) in [4.78, 5) is 12.7. The maximum absolute atomic E-state index is 12.7. The number of nitrogens with one attached hydrogen (secondary N) is 1. The quantitative estimate of drug-likeness (QED) is 0.889. The third kappa shape index (κ3) is 2.47. The third-order valence-corrected chi connectivity index (χ3v) is 4.94. The van der Waals surface area contributed by atoms with E-state index in [-0.39, 0.29) is 24.0 Å². The van der Waals surface area contributed by atoms with Gasteiger partial charge in [0.15, 0.2) is 0 Å². The molecule has 1 aromatic rings. The number of rotatable bonds is 3. The molecular formula is C17H23NO2. The number of hydrogen-bond acceptors (Lipinski definition) is 2. The van der Waals surface area contributed by atoms with E-state index in [0.717, 1.165) is 44.9 Å². The average molecular weight is 273 g/mol. The zero-order valence-corrected chi connectivity index (χ0v) is 11.9. The summed E-state index contributed by atoms with van der Waals surface area (Å²) < 4.78 is 0. The summed E-state index contributed by atoms with van der Waals surface area (Å²) in [5, 5.41) is 12.8. The smallest absolute Gasteiger partial charge is 0.228 e. The molecule has 1 atom stereocenters. The normalized spacial score (nSPS) is 24.1. The summed E-state index contributed by atoms with van der Waals surface area (Å²) in [6, 6.07) is 8.28. The Morgan fingerprint density at radius 3 is 2.75 bits per heavy atom. The second-order valence-electron chi connectivity index (χ2n) is 6.28. The van der Waals surface area contributed by atoms with E-state index in [4.69, 9.17) is 0 Å². The van der Waals surface area contributed by atoms with Crippen molar-refractivity contribution in [2.75, 3.05) is 6.61 Å². The zero-order chi connectivity index (χ0) is 14.0. The SMILES string of the molecule is O=C(NC1(CO)CCCC1)C1CCCc2ccccc21. The molecule has 1 unspecified atom stereocenters. The van der Waals surface area contributed by atoms with Gasteiger partial charge in [0.05, 0.1) is 18.1 Å². The van der Waals surface area contributed by atoms with Crippen LogP contribution >= 0.6 is 0 Å². The van der Waals surface area contributed by atoms with Crippen LogP contribution < -0.4 is 5.32 Å². The number of aliphatic hydroxyl groups is 1. The second-order valence-corrected chi connectivity index (χ2v) is 6.28. The molecule has 0 radical (unpaired) electrons. The summed E-state index contributed by atoms with van der Waals surface area (Å²) in [5.74, 6) is 0.0667. The lowest BCUT2D eigenvalue weighted by atomic mass is 9.81. The Morgan fingerprint density at radius 2 is 2.00 bits per heavy atom. The first kappa shape index (κ1) is 13.6. The molecule has 20 heavy (non-hydrogen) atoms. The number of aliphatic hydroxyl groups excluding tert-OH is 1. The average Bonchev–Trinajstić information content (AvgIpc) is 2.95. The molecule has 3 rings (SSSR count). The van der Waals surface area contributed by atoms with E-state index in [1.165, 1.54) is 11.1 Å². The Kier molecular flexibility index (Phi) is 3.79. The van der Waals surface area contributed by atoms with Crippen LogP contribution in [0.25, 0.3) is 0 Å². The van der Waals surface area contributed by atoms with Crippen molar-refractivity contribution in [3.8, 4) is 0 Å². The molecule has 0 aliphatic heterocycles. The fourth-order valence-electron chi connectivity index (χ4n) is 3.75. The van der Waals surface area contributed by atoms with Gasteiger partial charge in [0, 0.05) is 0 Å². The van der Waals surface area contributed by atoms with Crippen molar-refractivity contribution in [3.63, 3.8) is 0 Å². The van der Waals surface area contributed by atoms with E-state index in [2.05, 4.69) is 17.4 Å². The summed E-state index contributed by atoms with van der Waals surface area (Å²) in [7, 11) is 0. The number of carbonyl (C=O) groups is 1. The highest BCUT2D eigenvalue weighted by Gasteiger charge is 2.37. The van der Waals surface area contributed by atoms with Crippen molar-refractivity contribution in [2.45, 2.75) is 56.4 Å². The largest absolute Gasteiger partial charge is 0.394 e. The van der Waals surface area contributed by atoms with Gasteiger partial charge in [-0.3, -0.25) is 4.79 Å². The van der Waals surface area contributed by atoms with Gasteiger partial charge in [0.25, 0.3) is 0 Å². The van der Waals surface area contributed by atoms with Gasteiger partial charge in [0.2, 0.25) is 5.91 Å². The first-order chi connectivity index (χ1) is 9.74. The van der Waals surface area contributed by atoms with Gasteiger partial charge in [-0.25, -0.2) is 0 Å². The minimum absolute atomic E-state index is 0.0380. The summed E-state index contributed by atoms with van der Waals surface area (Å²) >= 11 is 0. The number of aryl methyl sites for hydroxylation is 1. The fraction of sp³-hybridized carbons (Fsp3) is 0.588. The Bertz CT molecular complexity index is 492. The Balaban J connectivity index is 1.78. The van der Waals surface area contributed by atoms with Crippen LogP contribution in [0.1, 0.15) is 55.6 Å². The molecular weight excluding hydrogens is 250 g/mol. The summed E-state index contributed by atoms with van der Waals surface area (Å²) in [6.07, 6.45) is 7.08. The predicted molar refractivity (Wildman–Crippen MR) is 78.5 cm³/mol. The van der Waals surface area contributed by atoms with E-state index >= 15 is 0 Å². The maximum Gasteiger partial charge on any atom is 0.228 e. The van der Waals surface area contributed by atoms with Crippen molar-refractivity contribution >= 4 is 5.91 Å². The lowest BCUT2D eigenvalue weighted by Crippen LogP contribution is -2.51. The Morgan fingerprint density at radius 1 is 1.25 bits per heavy atom. The predicted octanol–water partition coefficient (Wildman–Crippen LogP) is 2.53. The number of amides is 1. The van der Waals surface area contributed by atoms with Crippen LogP contribution in [0, 0.1) is 0 Å². The van der Waals surface area contributed by atoms with E-state index in [1.807, 2.05) is 12.1 Å². The van der Waals surface area contributed by atoms with Crippen LogP contribution in [0.15, 0.2) is 24.3 Å². The Hall–Kier alpha value is -1.35. The van der Waals surface area contributed by atoms with Crippen LogP contribution in [0.5, 0.6) is 0 Å². The van der Waals surface area contributed by atoms with Crippen LogP contribution in [-0.4, -0.2) is 23.2 Å². The molecule has 2 aliphatic carbocycles. The summed E-state index contributed by atoms with van der Waals surface area (Å²) in [5.41, 5.74) is 2.13. The van der Waals surface area contributed by atoms with Crippen LogP contribution in [0.2, 0.25) is 0 Å². The maximum atomic E-state index is 12.7. The topological polar surface area (TPSA) is 49.3 Å².